The first-order chi connectivity index (χ1) is 9.54. The summed E-state index contributed by atoms with van der Waals surface area (Å²) in [5, 5.41) is 0.932. The minimum Gasteiger partial charge on any atom is -0.408 e. The van der Waals surface area contributed by atoms with Crippen molar-refractivity contribution in [3.63, 3.8) is 0 Å². The van der Waals surface area contributed by atoms with E-state index in [0.29, 0.717) is 33.4 Å². The van der Waals surface area contributed by atoms with Crippen molar-refractivity contribution in [1.29, 1.82) is 0 Å². The van der Waals surface area contributed by atoms with Crippen molar-refractivity contribution in [2.24, 2.45) is 0 Å². The van der Waals surface area contributed by atoms with E-state index < -0.39 is 5.76 Å². The molecule has 2 N–H and O–H groups in total. The van der Waals surface area contributed by atoms with Gasteiger partial charge in [0.2, 0.25) is 0 Å². The number of benzene rings is 2. The van der Waals surface area contributed by atoms with Gasteiger partial charge in [0.25, 0.3) is 0 Å². The van der Waals surface area contributed by atoms with E-state index in [1.165, 1.54) is 4.57 Å². The smallest absolute Gasteiger partial charge is 0.408 e. The molecule has 2 aromatic carbocycles. The molecule has 0 unspecified atom stereocenters. The Morgan fingerprint density at radius 1 is 1.10 bits per heavy atom. The zero-order chi connectivity index (χ0) is 14.3. The molecular weight excluding hydrogens is 299 g/mol. The number of nitrogens with two attached hydrogens (primary N) is 1. The van der Waals surface area contributed by atoms with Gasteiger partial charge in [0.1, 0.15) is 0 Å². The lowest BCUT2D eigenvalue weighted by Crippen LogP contribution is -2.14. The van der Waals surface area contributed by atoms with E-state index >= 15 is 0 Å². The van der Waals surface area contributed by atoms with Crippen molar-refractivity contribution in [3.05, 3.63) is 62.6 Å². The summed E-state index contributed by atoms with van der Waals surface area (Å²) in [4.78, 5) is 11.9. The van der Waals surface area contributed by atoms with Crippen LogP contribution in [-0.2, 0) is 6.54 Å². The number of fused-ring (bicyclic) bond motifs is 1. The molecule has 0 aliphatic heterocycles. The molecule has 0 fully saturated rings. The summed E-state index contributed by atoms with van der Waals surface area (Å²) < 4.78 is 6.70. The van der Waals surface area contributed by atoms with Gasteiger partial charge in [0.15, 0.2) is 5.58 Å². The van der Waals surface area contributed by atoms with Gasteiger partial charge in [-0.2, -0.15) is 0 Å². The lowest BCUT2D eigenvalue weighted by atomic mass is 10.2. The summed E-state index contributed by atoms with van der Waals surface area (Å²) in [5.74, 6) is -0.434. The first-order valence-corrected chi connectivity index (χ1v) is 6.63. The SMILES string of the molecule is Nc1ccc2c(c1)oc(=O)n2Cc1ccc(Cl)c(Cl)c1. The van der Waals surface area contributed by atoms with E-state index in [0.717, 1.165) is 5.56 Å². The molecule has 0 saturated carbocycles. The fourth-order valence-corrected chi connectivity index (χ4v) is 2.37. The van der Waals surface area contributed by atoms with Crippen molar-refractivity contribution in [3.8, 4) is 0 Å². The lowest BCUT2D eigenvalue weighted by Gasteiger charge is -2.04. The van der Waals surface area contributed by atoms with Gasteiger partial charge in [-0.15, -0.1) is 0 Å². The molecule has 0 aliphatic rings. The Kier molecular flexibility index (Phi) is 3.20. The monoisotopic (exact) mass is 308 g/mol. The van der Waals surface area contributed by atoms with Crippen LogP contribution in [0.3, 0.4) is 0 Å². The standard InChI is InChI=1S/C14H10Cl2N2O2/c15-10-3-1-8(5-11(10)16)7-18-12-4-2-9(17)6-13(12)20-14(18)19/h1-6H,7,17H2. The van der Waals surface area contributed by atoms with Gasteiger partial charge in [-0.05, 0) is 29.8 Å². The molecule has 20 heavy (non-hydrogen) atoms. The molecule has 102 valence electrons. The fourth-order valence-electron chi connectivity index (χ4n) is 2.05. The van der Waals surface area contributed by atoms with Crippen LogP contribution < -0.4 is 11.5 Å². The molecule has 0 radical (unpaired) electrons. The summed E-state index contributed by atoms with van der Waals surface area (Å²) in [7, 11) is 0. The third kappa shape index (κ3) is 2.28. The first-order valence-electron chi connectivity index (χ1n) is 5.87. The number of halogens is 2. The number of oxazole rings is 1. The Balaban J connectivity index is 2.08. The van der Waals surface area contributed by atoms with Gasteiger partial charge < -0.3 is 10.2 Å². The van der Waals surface area contributed by atoms with Crippen LogP contribution in [0.15, 0.2) is 45.6 Å². The zero-order valence-electron chi connectivity index (χ0n) is 10.3. The maximum Gasteiger partial charge on any atom is 0.420 e. The Morgan fingerprint density at radius 3 is 2.65 bits per heavy atom. The molecular formula is C14H10Cl2N2O2. The first kappa shape index (κ1) is 13.1. The Labute approximate surface area is 124 Å². The van der Waals surface area contributed by atoms with Gasteiger partial charge in [0, 0.05) is 11.8 Å². The molecule has 1 heterocycles. The summed E-state index contributed by atoms with van der Waals surface area (Å²) in [5.41, 5.74) is 8.24. The van der Waals surface area contributed by atoms with Gasteiger partial charge in [-0.1, -0.05) is 29.3 Å². The molecule has 0 amide bonds. The predicted octanol–water partition coefficient (Wildman–Crippen LogP) is 3.53. The third-order valence-electron chi connectivity index (χ3n) is 3.02. The second-order valence-corrected chi connectivity index (χ2v) is 5.24. The average molecular weight is 309 g/mol. The van der Waals surface area contributed by atoms with Gasteiger partial charge in [0.05, 0.1) is 22.1 Å². The van der Waals surface area contributed by atoms with Crippen molar-refractivity contribution < 1.29 is 4.42 Å². The molecule has 3 aromatic rings. The normalized spacial score (nSPS) is 11.1. The molecule has 0 aliphatic carbocycles. The van der Waals surface area contributed by atoms with E-state index in [9.17, 15) is 4.79 Å². The summed E-state index contributed by atoms with van der Waals surface area (Å²) in [6, 6.07) is 10.4. The predicted molar refractivity (Wildman–Crippen MR) is 80.5 cm³/mol. The fraction of sp³-hybridized carbons (Fsp3) is 0.0714. The maximum atomic E-state index is 11.9. The Morgan fingerprint density at radius 2 is 1.90 bits per heavy atom. The third-order valence-corrected chi connectivity index (χ3v) is 3.76. The van der Waals surface area contributed by atoms with E-state index in [2.05, 4.69) is 0 Å². The van der Waals surface area contributed by atoms with Crippen LogP contribution in [-0.4, -0.2) is 4.57 Å². The van der Waals surface area contributed by atoms with Gasteiger partial charge in [-0.25, -0.2) is 4.79 Å². The molecule has 4 nitrogen and oxygen atoms in total. The molecule has 0 atom stereocenters. The molecule has 0 bridgehead atoms. The number of hydrogen-bond donors (Lipinski definition) is 1. The van der Waals surface area contributed by atoms with Crippen LogP contribution in [0.1, 0.15) is 5.56 Å². The zero-order valence-corrected chi connectivity index (χ0v) is 11.8. The van der Waals surface area contributed by atoms with Crippen molar-refractivity contribution in [2.75, 3.05) is 5.73 Å². The molecule has 3 rings (SSSR count). The number of rotatable bonds is 2. The van der Waals surface area contributed by atoms with Crippen molar-refractivity contribution in [1.82, 2.24) is 4.57 Å². The van der Waals surface area contributed by atoms with Crippen LogP contribution in [0.2, 0.25) is 10.0 Å². The van der Waals surface area contributed by atoms with Crippen LogP contribution in [0.4, 0.5) is 5.69 Å². The number of anilines is 1. The largest absolute Gasteiger partial charge is 0.420 e. The number of nitrogen functional groups attached to an aromatic ring is 1. The second-order valence-electron chi connectivity index (χ2n) is 4.43. The van der Waals surface area contributed by atoms with E-state index in [4.69, 9.17) is 33.4 Å². The highest BCUT2D eigenvalue weighted by molar-refractivity contribution is 6.42. The quantitative estimate of drug-likeness (QED) is 0.737. The van der Waals surface area contributed by atoms with Gasteiger partial charge >= 0.3 is 5.76 Å². The highest BCUT2D eigenvalue weighted by Crippen LogP contribution is 2.24. The minimum atomic E-state index is -0.434. The topological polar surface area (TPSA) is 61.2 Å². The van der Waals surface area contributed by atoms with E-state index in [1.54, 1.807) is 30.3 Å². The number of aromatic nitrogens is 1. The maximum absolute atomic E-state index is 11.9. The lowest BCUT2D eigenvalue weighted by molar-refractivity contribution is 0.518. The summed E-state index contributed by atoms with van der Waals surface area (Å²) >= 11 is 11.8. The summed E-state index contributed by atoms with van der Waals surface area (Å²) in [6.45, 7) is 0.354. The Hall–Kier alpha value is -1.91. The van der Waals surface area contributed by atoms with Crippen LogP contribution in [0, 0.1) is 0 Å². The number of hydrogen-bond acceptors (Lipinski definition) is 3. The highest BCUT2D eigenvalue weighted by atomic mass is 35.5. The molecule has 0 spiro atoms. The minimum absolute atomic E-state index is 0.354. The van der Waals surface area contributed by atoms with E-state index in [1.807, 2.05) is 6.07 Å². The van der Waals surface area contributed by atoms with E-state index in [-0.39, 0.29) is 0 Å². The Bertz CT molecular complexity index is 852. The van der Waals surface area contributed by atoms with Crippen molar-refractivity contribution in [2.45, 2.75) is 6.54 Å². The highest BCUT2D eigenvalue weighted by Gasteiger charge is 2.10. The molecule has 0 saturated heterocycles. The molecule has 6 heteroatoms. The van der Waals surface area contributed by atoms with Crippen LogP contribution in [0.25, 0.3) is 11.1 Å². The molecule has 1 aromatic heterocycles. The van der Waals surface area contributed by atoms with Crippen LogP contribution in [0.5, 0.6) is 0 Å². The van der Waals surface area contributed by atoms with Crippen LogP contribution >= 0.6 is 23.2 Å². The summed E-state index contributed by atoms with van der Waals surface area (Å²) in [6.07, 6.45) is 0. The van der Waals surface area contributed by atoms with Crippen molar-refractivity contribution >= 4 is 40.0 Å². The second kappa shape index (κ2) is 4.89. The number of nitrogens with zero attached hydrogens (tertiary/aromatic N) is 1. The average Bonchev–Trinajstić information content (AvgIpc) is 2.69. The van der Waals surface area contributed by atoms with Gasteiger partial charge in [-0.3, -0.25) is 4.57 Å².